The Balaban J connectivity index is 1.61. The Hall–Kier alpha value is -2.32. The first-order chi connectivity index (χ1) is 15.4. The second-order valence-corrected chi connectivity index (χ2v) is 9.31. The van der Waals surface area contributed by atoms with Gasteiger partial charge in [0.25, 0.3) is 5.91 Å². The summed E-state index contributed by atoms with van der Waals surface area (Å²) in [7, 11) is 0. The van der Waals surface area contributed by atoms with E-state index in [1.807, 2.05) is 43.0 Å². The molecule has 9 heteroatoms. The Bertz CT molecular complexity index is 940. The lowest BCUT2D eigenvalue weighted by Crippen LogP contribution is -2.54. The third-order valence-electron chi connectivity index (χ3n) is 5.36. The Labute approximate surface area is 198 Å². The fourth-order valence-corrected chi connectivity index (χ4v) is 4.44. The third kappa shape index (κ3) is 6.59. The molecule has 0 radical (unpaired) electrons. The molecular formula is C23H30ClN5O2S. The molecule has 0 aliphatic carbocycles. The number of amides is 2. The van der Waals surface area contributed by atoms with Crippen LogP contribution in [0.4, 0.5) is 5.82 Å². The molecule has 1 N–H and O–H groups in total. The van der Waals surface area contributed by atoms with Crippen LogP contribution in [0.2, 0.25) is 5.15 Å². The van der Waals surface area contributed by atoms with Gasteiger partial charge in [0.2, 0.25) is 5.91 Å². The molecule has 1 aliphatic heterocycles. The van der Waals surface area contributed by atoms with Crippen molar-refractivity contribution in [2.75, 3.05) is 36.8 Å². The predicted molar refractivity (Wildman–Crippen MR) is 130 cm³/mol. The van der Waals surface area contributed by atoms with Crippen LogP contribution in [0.15, 0.2) is 35.5 Å². The lowest BCUT2D eigenvalue weighted by molar-refractivity contribution is -0.118. The van der Waals surface area contributed by atoms with Crippen LogP contribution in [0, 0.1) is 6.92 Å². The van der Waals surface area contributed by atoms with Gasteiger partial charge in [0, 0.05) is 43.9 Å². The Kier molecular flexibility index (Phi) is 8.75. The zero-order valence-corrected chi connectivity index (χ0v) is 20.4. The zero-order valence-electron chi connectivity index (χ0n) is 18.8. The number of aryl methyl sites for hydroxylation is 1. The fraction of sp³-hybridized carbons (Fsp3) is 0.478. The molecule has 1 aromatic carbocycles. The van der Waals surface area contributed by atoms with Crippen molar-refractivity contribution in [1.29, 1.82) is 0 Å². The monoisotopic (exact) mass is 475 g/mol. The van der Waals surface area contributed by atoms with Gasteiger partial charge in [0.15, 0.2) is 5.16 Å². The summed E-state index contributed by atoms with van der Waals surface area (Å²) in [5, 5.41) is 3.71. The summed E-state index contributed by atoms with van der Waals surface area (Å²) in [6, 6.07) is 9.43. The maximum absolute atomic E-state index is 12.9. The van der Waals surface area contributed by atoms with Crippen LogP contribution in [0.1, 0.15) is 42.6 Å². The van der Waals surface area contributed by atoms with Crippen LogP contribution < -0.4 is 10.2 Å². The number of nitrogens with zero attached hydrogens (tertiary/aromatic N) is 4. The smallest absolute Gasteiger partial charge is 0.254 e. The number of unbranched alkanes of at least 4 members (excludes halogenated alkanes) is 1. The molecule has 7 nitrogen and oxygen atoms in total. The molecule has 172 valence electrons. The zero-order chi connectivity index (χ0) is 23.1. The van der Waals surface area contributed by atoms with Gasteiger partial charge in [-0.15, -0.1) is 0 Å². The number of rotatable bonds is 8. The summed E-state index contributed by atoms with van der Waals surface area (Å²) in [5.41, 5.74) is 1.84. The van der Waals surface area contributed by atoms with Gasteiger partial charge in [-0.1, -0.05) is 54.4 Å². The van der Waals surface area contributed by atoms with Crippen LogP contribution in [-0.4, -0.2) is 64.7 Å². The predicted octanol–water partition coefficient (Wildman–Crippen LogP) is 3.80. The first kappa shape index (κ1) is 24.3. The molecule has 1 saturated heterocycles. The standard InChI is InChI=1S/C23H30ClN5O2S/c1-4-5-10-25-21(30)15-32-23-26-19(24)13-20(27-23)28-11-12-29(17(3)14-28)22(31)18-8-6-16(2)7-9-18/h6-9,13,17H,4-5,10-12,14-15H2,1-3H3,(H,25,30). The fourth-order valence-electron chi connectivity index (χ4n) is 3.53. The van der Waals surface area contributed by atoms with Crippen molar-refractivity contribution in [1.82, 2.24) is 20.2 Å². The highest BCUT2D eigenvalue weighted by Crippen LogP contribution is 2.24. The highest BCUT2D eigenvalue weighted by atomic mass is 35.5. The molecule has 1 atom stereocenters. The summed E-state index contributed by atoms with van der Waals surface area (Å²) >= 11 is 7.51. The second kappa shape index (κ2) is 11.5. The molecule has 1 unspecified atom stereocenters. The van der Waals surface area contributed by atoms with E-state index in [0.717, 1.165) is 18.4 Å². The van der Waals surface area contributed by atoms with Gasteiger partial charge < -0.3 is 15.1 Å². The van der Waals surface area contributed by atoms with Crippen molar-refractivity contribution < 1.29 is 9.59 Å². The van der Waals surface area contributed by atoms with Crippen LogP contribution in [0.5, 0.6) is 0 Å². The molecule has 0 spiro atoms. The maximum Gasteiger partial charge on any atom is 0.254 e. The lowest BCUT2D eigenvalue weighted by atomic mass is 10.1. The number of anilines is 1. The van der Waals surface area contributed by atoms with E-state index in [1.165, 1.54) is 11.8 Å². The summed E-state index contributed by atoms with van der Waals surface area (Å²) in [4.78, 5) is 37.8. The van der Waals surface area contributed by atoms with Crippen molar-refractivity contribution in [3.63, 3.8) is 0 Å². The topological polar surface area (TPSA) is 78.4 Å². The third-order valence-corrected chi connectivity index (χ3v) is 6.40. The number of piperazine rings is 1. The van der Waals surface area contributed by atoms with E-state index in [2.05, 4.69) is 27.1 Å². The Morgan fingerprint density at radius 3 is 2.66 bits per heavy atom. The summed E-state index contributed by atoms with van der Waals surface area (Å²) in [6.07, 6.45) is 2.00. The van der Waals surface area contributed by atoms with Gasteiger partial charge in [-0.3, -0.25) is 9.59 Å². The number of thioether (sulfide) groups is 1. The largest absolute Gasteiger partial charge is 0.355 e. The van der Waals surface area contributed by atoms with Crippen molar-refractivity contribution in [2.45, 2.75) is 44.8 Å². The summed E-state index contributed by atoms with van der Waals surface area (Å²) in [6.45, 7) is 8.70. The van der Waals surface area contributed by atoms with Crippen molar-refractivity contribution in [3.8, 4) is 0 Å². The molecule has 1 aromatic heterocycles. The van der Waals surface area contributed by atoms with E-state index in [0.29, 0.717) is 47.9 Å². The van der Waals surface area contributed by atoms with Crippen molar-refractivity contribution in [3.05, 3.63) is 46.6 Å². The van der Waals surface area contributed by atoms with E-state index in [9.17, 15) is 9.59 Å². The van der Waals surface area contributed by atoms with Gasteiger partial charge in [-0.05, 0) is 32.4 Å². The van der Waals surface area contributed by atoms with Gasteiger partial charge in [0.1, 0.15) is 11.0 Å². The minimum Gasteiger partial charge on any atom is -0.355 e. The Morgan fingerprint density at radius 2 is 1.97 bits per heavy atom. The van der Waals surface area contributed by atoms with Gasteiger partial charge in [-0.2, -0.15) is 0 Å². The maximum atomic E-state index is 12.9. The lowest BCUT2D eigenvalue weighted by Gasteiger charge is -2.40. The van der Waals surface area contributed by atoms with Crippen LogP contribution in [-0.2, 0) is 4.79 Å². The number of aromatic nitrogens is 2. The number of hydrogen-bond donors (Lipinski definition) is 1. The van der Waals surface area contributed by atoms with Crippen LogP contribution in [0.3, 0.4) is 0 Å². The molecule has 0 bridgehead atoms. The first-order valence-corrected chi connectivity index (χ1v) is 12.3. The summed E-state index contributed by atoms with van der Waals surface area (Å²) < 4.78 is 0. The number of carbonyl (C=O) groups is 2. The van der Waals surface area contributed by atoms with Gasteiger partial charge in [-0.25, -0.2) is 9.97 Å². The van der Waals surface area contributed by atoms with Gasteiger partial charge in [0.05, 0.1) is 5.75 Å². The number of nitrogens with one attached hydrogen (secondary N) is 1. The quantitative estimate of drug-likeness (QED) is 0.271. The first-order valence-electron chi connectivity index (χ1n) is 10.9. The van der Waals surface area contributed by atoms with E-state index >= 15 is 0 Å². The van der Waals surface area contributed by atoms with E-state index in [4.69, 9.17) is 11.6 Å². The molecule has 2 aromatic rings. The van der Waals surface area contributed by atoms with Crippen molar-refractivity contribution in [2.24, 2.45) is 0 Å². The number of benzene rings is 1. The number of halogens is 1. The van der Waals surface area contributed by atoms with E-state index in [1.54, 1.807) is 6.07 Å². The van der Waals surface area contributed by atoms with Crippen LogP contribution in [0.25, 0.3) is 0 Å². The minimum absolute atomic E-state index is 0.0201. The average molecular weight is 476 g/mol. The van der Waals surface area contributed by atoms with E-state index < -0.39 is 0 Å². The SMILES string of the molecule is CCCCNC(=O)CSc1nc(Cl)cc(N2CCN(C(=O)c3ccc(C)cc3)C(C)C2)n1. The number of carbonyl (C=O) groups excluding carboxylic acids is 2. The average Bonchev–Trinajstić information content (AvgIpc) is 2.77. The molecule has 0 saturated carbocycles. The highest BCUT2D eigenvalue weighted by molar-refractivity contribution is 7.99. The Morgan fingerprint density at radius 1 is 1.22 bits per heavy atom. The molecular weight excluding hydrogens is 446 g/mol. The van der Waals surface area contributed by atoms with Crippen LogP contribution >= 0.6 is 23.4 Å². The molecule has 1 fully saturated rings. The van der Waals surface area contributed by atoms with Crippen molar-refractivity contribution >= 4 is 41.0 Å². The second-order valence-electron chi connectivity index (χ2n) is 7.98. The minimum atomic E-state index is -0.0366. The molecule has 32 heavy (non-hydrogen) atoms. The molecule has 2 amide bonds. The molecule has 3 rings (SSSR count). The summed E-state index contributed by atoms with van der Waals surface area (Å²) in [5.74, 6) is 0.973. The number of hydrogen-bond acceptors (Lipinski definition) is 6. The molecule has 1 aliphatic rings. The molecule has 2 heterocycles. The van der Waals surface area contributed by atoms with Gasteiger partial charge >= 0.3 is 0 Å². The normalized spacial score (nSPS) is 16.2. The highest BCUT2D eigenvalue weighted by Gasteiger charge is 2.29. The van der Waals surface area contributed by atoms with E-state index in [-0.39, 0.29) is 23.6 Å².